The van der Waals surface area contributed by atoms with Gasteiger partial charge in [0, 0.05) is 0 Å². The molecule has 0 radical (unpaired) electrons. The summed E-state index contributed by atoms with van der Waals surface area (Å²) < 4.78 is 1.01. The quantitative estimate of drug-likeness (QED) is 0.434. The summed E-state index contributed by atoms with van der Waals surface area (Å²) in [4.78, 5) is 10.2. The molecule has 10 heavy (non-hydrogen) atoms. The van der Waals surface area contributed by atoms with Crippen LogP contribution in [-0.2, 0) is 0 Å². The van der Waals surface area contributed by atoms with Gasteiger partial charge in [0.15, 0.2) is 5.03 Å². The van der Waals surface area contributed by atoms with E-state index in [2.05, 4.69) is 0 Å². The van der Waals surface area contributed by atoms with Gasteiger partial charge in [-0.1, -0.05) is 4.68 Å². The Balaban J connectivity index is 3.15. The van der Waals surface area contributed by atoms with Gasteiger partial charge < -0.3 is 0 Å². The van der Waals surface area contributed by atoms with E-state index in [-0.39, 0.29) is 0 Å². The van der Waals surface area contributed by atoms with Crippen LogP contribution in [0.4, 0.5) is 0 Å². The van der Waals surface area contributed by atoms with E-state index >= 15 is 0 Å². The molecule has 54 valence electrons. The van der Waals surface area contributed by atoms with Crippen molar-refractivity contribution in [3.05, 3.63) is 33.6 Å². The van der Waals surface area contributed by atoms with Gasteiger partial charge in [-0.05, 0) is 25.5 Å². The molecule has 1 rings (SSSR count). The summed E-state index contributed by atoms with van der Waals surface area (Å²) in [7, 11) is 0. The number of hydrogen-bond donors (Lipinski definition) is 0. The van der Waals surface area contributed by atoms with Crippen molar-refractivity contribution in [1.82, 2.24) is 4.68 Å². The van der Waals surface area contributed by atoms with Gasteiger partial charge in [0.2, 0.25) is 0 Å². The van der Waals surface area contributed by atoms with E-state index in [1.165, 1.54) is 6.20 Å². The molecule has 4 nitrogen and oxygen atoms in total. The maximum Gasteiger partial charge on any atom is 0.169 e. The molecule has 0 atom stereocenters. The molecule has 0 aliphatic rings. The van der Waals surface area contributed by atoms with Crippen molar-refractivity contribution in [1.29, 1.82) is 0 Å². The van der Waals surface area contributed by atoms with Crippen LogP contribution >= 0.6 is 0 Å². The first-order valence-corrected chi connectivity index (χ1v) is 2.91. The van der Waals surface area contributed by atoms with Gasteiger partial charge in [-0.25, -0.2) is 10.1 Å². The SMILES string of the molecule is Cc1cc(C)n([N+](=O)[O-])c1. The Bertz CT molecular complexity index is 265. The van der Waals surface area contributed by atoms with E-state index in [1.54, 1.807) is 13.0 Å². The summed E-state index contributed by atoms with van der Waals surface area (Å²) in [5, 5.41) is 9.76. The van der Waals surface area contributed by atoms with Crippen molar-refractivity contribution in [2.75, 3.05) is 0 Å². The number of nitrogens with zero attached hydrogens (tertiary/aromatic N) is 2. The van der Waals surface area contributed by atoms with Gasteiger partial charge >= 0.3 is 0 Å². The molecular formula is C6H8N2O2. The molecule has 0 aliphatic heterocycles. The highest BCUT2D eigenvalue weighted by atomic mass is 16.7. The minimum atomic E-state index is -0.442. The third-order valence-corrected chi connectivity index (χ3v) is 1.30. The molecule has 0 spiro atoms. The second kappa shape index (κ2) is 2.13. The van der Waals surface area contributed by atoms with Gasteiger partial charge in [0.05, 0.1) is 11.9 Å². The minimum absolute atomic E-state index is 0.442. The van der Waals surface area contributed by atoms with Crippen LogP contribution in [0.2, 0.25) is 0 Å². The summed E-state index contributed by atoms with van der Waals surface area (Å²) in [5.74, 6) is 0. The van der Waals surface area contributed by atoms with Gasteiger partial charge in [-0.3, -0.25) is 0 Å². The lowest BCUT2D eigenvalue weighted by Gasteiger charge is -1.89. The van der Waals surface area contributed by atoms with E-state index < -0.39 is 5.03 Å². The predicted molar refractivity (Wildman–Crippen MR) is 36.3 cm³/mol. The summed E-state index contributed by atoms with van der Waals surface area (Å²) in [6.45, 7) is 3.53. The van der Waals surface area contributed by atoms with Gasteiger partial charge in [0.25, 0.3) is 0 Å². The average molecular weight is 140 g/mol. The largest absolute Gasteiger partial charge is 0.234 e. The van der Waals surface area contributed by atoms with Gasteiger partial charge in [0.1, 0.15) is 0 Å². The number of hydrogen-bond acceptors (Lipinski definition) is 2. The monoisotopic (exact) mass is 140 g/mol. The first-order chi connectivity index (χ1) is 4.61. The van der Waals surface area contributed by atoms with Crippen LogP contribution in [0.25, 0.3) is 0 Å². The van der Waals surface area contributed by atoms with Crippen LogP contribution in [0.5, 0.6) is 0 Å². The highest BCUT2D eigenvalue weighted by Gasteiger charge is 2.05. The first kappa shape index (κ1) is 6.80. The first-order valence-electron chi connectivity index (χ1n) is 2.91. The Hall–Kier alpha value is -1.32. The standard InChI is InChI=1S/C6H8N2O2/c1-5-3-6(2)7(4-5)8(9)10/h3-4H,1-2H3. The molecule has 0 aromatic carbocycles. The second-order valence-electron chi connectivity index (χ2n) is 2.24. The Labute approximate surface area is 58.2 Å². The Morgan fingerprint density at radius 2 is 2.20 bits per heavy atom. The van der Waals surface area contributed by atoms with Gasteiger partial charge in [-0.2, -0.15) is 0 Å². The van der Waals surface area contributed by atoms with Crippen molar-refractivity contribution in [3.8, 4) is 0 Å². The highest BCUT2D eigenvalue weighted by Crippen LogP contribution is 2.04. The zero-order valence-electron chi connectivity index (χ0n) is 5.87. The Morgan fingerprint density at radius 3 is 2.40 bits per heavy atom. The third kappa shape index (κ3) is 1.00. The van der Waals surface area contributed by atoms with E-state index in [9.17, 15) is 10.1 Å². The van der Waals surface area contributed by atoms with Crippen LogP contribution < -0.4 is 0 Å². The molecule has 1 heterocycles. The summed E-state index contributed by atoms with van der Waals surface area (Å²) in [5.41, 5.74) is 1.57. The van der Waals surface area contributed by atoms with E-state index in [1.807, 2.05) is 6.92 Å². The fourth-order valence-corrected chi connectivity index (χ4v) is 0.904. The molecule has 0 N–H and O–H groups in total. The molecule has 0 unspecified atom stereocenters. The number of aryl methyl sites for hydroxylation is 2. The van der Waals surface area contributed by atoms with Crippen molar-refractivity contribution >= 4 is 0 Å². The third-order valence-electron chi connectivity index (χ3n) is 1.30. The lowest BCUT2D eigenvalue weighted by molar-refractivity contribution is -0.543. The highest BCUT2D eigenvalue weighted by molar-refractivity contribution is 5.14. The molecule has 0 amide bonds. The van der Waals surface area contributed by atoms with Crippen molar-refractivity contribution in [2.24, 2.45) is 0 Å². The minimum Gasteiger partial charge on any atom is -0.234 e. The molecule has 0 fully saturated rings. The molecule has 0 saturated carbocycles. The lowest BCUT2D eigenvalue weighted by atomic mass is 10.4. The van der Waals surface area contributed by atoms with Gasteiger partial charge in [-0.15, -0.1) is 0 Å². The zero-order chi connectivity index (χ0) is 7.72. The smallest absolute Gasteiger partial charge is 0.169 e. The fourth-order valence-electron chi connectivity index (χ4n) is 0.904. The average Bonchev–Trinajstić information content (AvgIpc) is 2.10. The predicted octanol–water partition coefficient (Wildman–Crippen LogP) is 1.14. The Kier molecular flexibility index (Phi) is 1.45. The van der Waals surface area contributed by atoms with E-state index in [0.717, 1.165) is 10.2 Å². The molecule has 1 aromatic rings. The maximum absolute atomic E-state index is 10.2. The zero-order valence-corrected chi connectivity index (χ0v) is 5.87. The van der Waals surface area contributed by atoms with Crippen molar-refractivity contribution < 1.29 is 5.03 Å². The molecule has 0 bridgehead atoms. The van der Waals surface area contributed by atoms with Crippen LogP contribution in [0, 0.1) is 24.0 Å². The summed E-state index contributed by atoms with van der Waals surface area (Å²) in [6.07, 6.45) is 1.50. The molecule has 0 aliphatic carbocycles. The second-order valence-corrected chi connectivity index (χ2v) is 2.24. The van der Waals surface area contributed by atoms with Crippen LogP contribution in [0.3, 0.4) is 0 Å². The van der Waals surface area contributed by atoms with E-state index in [0.29, 0.717) is 5.69 Å². The van der Waals surface area contributed by atoms with Crippen LogP contribution in [-0.4, -0.2) is 9.71 Å². The summed E-state index contributed by atoms with van der Waals surface area (Å²) in [6, 6.07) is 1.77. The molecule has 4 heteroatoms. The van der Waals surface area contributed by atoms with Crippen molar-refractivity contribution in [2.45, 2.75) is 13.8 Å². The van der Waals surface area contributed by atoms with E-state index in [4.69, 9.17) is 0 Å². The fraction of sp³-hybridized carbons (Fsp3) is 0.333. The molecule has 1 aromatic heterocycles. The summed E-state index contributed by atoms with van der Waals surface area (Å²) >= 11 is 0. The van der Waals surface area contributed by atoms with Crippen LogP contribution in [0.15, 0.2) is 12.3 Å². The van der Waals surface area contributed by atoms with Crippen LogP contribution in [0.1, 0.15) is 11.3 Å². The Morgan fingerprint density at radius 1 is 1.60 bits per heavy atom. The maximum atomic E-state index is 10.2. The molecule has 0 saturated heterocycles. The number of nitro groups is 1. The number of aromatic nitrogens is 1. The molecular weight excluding hydrogens is 132 g/mol. The normalized spacial score (nSPS) is 9.80. The topological polar surface area (TPSA) is 48.1 Å². The lowest BCUT2D eigenvalue weighted by Crippen LogP contribution is -2.07. The number of rotatable bonds is 1. The van der Waals surface area contributed by atoms with Crippen molar-refractivity contribution in [3.63, 3.8) is 0 Å².